The summed E-state index contributed by atoms with van der Waals surface area (Å²) in [6, 6.07) is 3.92. The van der Waals surface area contributed by atoms with E-state index < -0.39 is 0 Å². The molecule has 126 valence electrons. The van der Waals surface area contributed by atoms with Crippen LogP contribution in [0.5, 0.6) is 0 Å². The van der Waals surface area contributed by atoms with Crippen molar-refractivity contribution in [3.63, 3.8) is 0 Å². The molecular weight excluding hydrogens is 393 g/mol. The molecule has 0 radical (unpaired) electrons. The van der Waals surface area contributed by atoms with Gasteiger partial charge in [-0.15, -0.1) is 24.0 Å². The highest BCUT2D eigenvalue weighted by Gasteiger charge is 2.24. The molecule has 6 heteroatoms. The van der Waals surface area contributed by atoms with Gasteiger partial charge in [-0.2, -0.15) is 0 Å². The number of aliphatic imine (C=N–C) groups is 1. The summed E-state index contributed by atoms with van der Waals surface area (Å²) in [6.07, 6.45) is 3.74. The zero-order valence-electron chi connectivity index (χ0n) is 13.6. The number of rotatable bonds is 7. The van der Waals surface area contributed by atoms with E-state index in [1.54, 1.807) is 6.26 Å². The summed E-state index contributed by atoms with van der Waals surface area (Å²) >= 11 is 0. The molecule has 2 heterocycles. The van der Waals surface area contributed by atoms with Gasteiger partial charge in [0, 0.05) is 45.1 Å². The summed E-state index contributed by atoms with van der Waals surface area (Å²) in [5.74, 6) is 2.63. The van der Waals surface area contributed by atoms with Gasteiger partial charge >= 0.3 is 0 Å². The lowest BCUT2D eigenvalue weighted by molar-refractivity contribution is 0.114. The van der Waals surface area contributed by atoms with Crippen LogP contribution in [-0.2, 0) is 11.2 Å². The molecule has 1 atom stereocenters. The van der Waals surface area contributed by atoms with Crippen molar-refractivity contribution in [2.24, 2.45) is 10.9 Å². The highest BCUT2D eigenvalue weighted by atomic mass is 127. The van der Waals surface area contributed by atoms with Crippen LogP contribution in [0.2, 0.25) is 0 Å². The Morgan fingerprint density at radius 3 is 3.05 bits per heavy atom. The monoisotopic (exact) mass is 421 g/mol. The van der Waals surface area contributed by atoms with E-state index in [1.807, 2.05) is 19.1 Å². The molecule has 0 spiro atoms. The van der Waals surface area contributed by atoms with Gasteiger partial charge in [-0.3, -0.25) is 4.99 Å². The van der Waals surface area contributed by atoms with Gasteiger partial charge in [-0.05, 0) is 32.4 Å². The van der Waals surface area contributed by atoms with Crippen LogP contribution >= 0.6 is 24.0 Å². The lowest BCUT2D eigenvalue weighted by Gasteiger charge is -2.21. The quantitative estimate of drug-likeness (QED) is 0.418. The molecule has 1 unspecified atom stereocenters. The maximum atomic E-state index is 5.54. The number of guanidine groups is 1. The predicted octanol–water partition coefficient (Wildman–Crippen LogP) is 2.76. The molecule has 0 saturated carbocycles. The molecule has 1 saturated heterocycles. The molecule has 1 aliphatic rings. The number of nitrogens with one attached hydrogen (secondary N) is 1. The molecule has 0 aliphatic carbocycles. The van der Waals surface area contributed by atoms with E-state index in [2.05, 4.69) is 17.1 Å². The van der Waals surface area contributed by atoms with Gasteiger partial charge in [-0.1, -0.05) is 0 Å². The zero-order chi connectivity index (χ0) is 14.9. The highest BCUT2D eigenvalue weighted by molar-refractivity contribution is 14.0. The van der Waals surface area contributed by atoms with Crippen molar-refractivity contribution in [2.45, 2.75) is 26.7 Å². The van der Waals surface area contributed by atoms with Crippen molar-refractivity contribution < 1.29 is 9.15 Å². The van der Waals surface area contributed by atoms with E-state index in [4.69, 9.17) is 14.1 Å². The number of hydrogen-bond donors (Lipinski definition) is 1. The van der Waals surface area contributed by atoms with Crippen molar-refractivity contribution in [1.82, 2.24) is 10.2 Å². The molecule has 1 fully saturated rings. The van der Waals surface area contributed by atoms with Crippen LogP contribution < -0.4 is 5.32 Å². The first-order valence-corrected chi connectivity index (χ1v) is 7.96. The van der Waals surface area contributed by atoms with Gasteiger partial charge in [0.25, 0.3) is 0 Å². The Morgan fingerprint density at radius 2 is 2.36 bits per heavy atom. The SMILES string of the molecule is CCNC(=NCCc1ccco1)N1CCC(COCC)C1.I. The van der Waals surface area contributed by atoms with Crippen LogP contribution in [0.15, 0.2) is 27.8 Å². The third-order valence-corrected chi connectivity index (χ3v) is 3.68. The Bertz CT molecular complexity index is 423. The minimum Gasteiger partial charge on any atom is -0.469 e. The second kappa shape index (κ2) is 10.9. The van der Waals surface area contributed by atoms with Crippen LogP contribution in [0.1, 0.15) is 26.0 Å². The van der Waals surface area contributed by atoms with Crippen LogP contribution in [0.4, 0.5) is 0 Å². The van der Waals surface area contributed by atoms with Crippen LogP contribution in [0.3, 0.4) is 0 Å². The topological polar surface area (TPSA) is 50.0 Å². The highest BCUT2D eigenvalue weighted by Crippen LogP contribution is 2.16. The van der Waals surface area contributed by atoms with E-state index in [0.29, 0.717) is 5.92 Å². The summed E-state index contributed by atoms with van der Waals surface area (Å²) in [5, 5.41) is 3.39. The number of nitrogens with zero attached hydrogens (tertiary/aromatic N) is 2. The third-order valence-electron chi connectivity index (χ3n) is 3.68. The minimum atomic E-state index is 0. The minimum absolute atomic E-state index is 0. The fraction of sp³-hybridized carbons (Fsp3) is 0.688. The summed E-state index contributed by atoms with van der Waals surface area (Å²) in [5.41, 5.74) is 0. The maximum absolute atomic E-state index is 5.54. The molecule has 1 N–H and O–H groups in total. The Hall–Kier alpha value is -0.760. The standard InChI is InChI=1S/C16H27N3O2.HI/c1-3-17-16(18-9-7-15-6-5-11-21-15)19-10-8-14(12-19)13-20-4-2;/h5-6,11,14H,3-4,7-10,12-13H2,1-2H3,(H,17,18);1H. The van der Waals surface area contributed by atoms with Crippen molar-refractivity contribution in [3.8, 4) is 0 Å². The molecule has 1 aromatic rings. The summed E-state index contributed by atoms with van der Waals surface area (Å²) in [7, 11) is 0. The largest absolute Gasteiger partial charge is 0.469 e. The second-order valence-electron chi connectivity index (χ2n) is 5.33. The Morgan fingerprint density at radius 1 is 1.50 bits per heavy atom. The Labute approximate surface area is 150 Å². The molecule has 22 heavy (non-hydrogen) atoms. The Kier molecular flexibility index (Phi) is 9.54. The molecular formula is C16H28IN3O2. The first-order chi connectivity index (χ1) is 10.3. The van der Waals surface area contributed by atoms with Crippen LogP contribution in [-0.4, -0.2) is 50.3 Å². The first kappa shape index (κ1) is 19.3. The van der Waals surface area contributed by atoms with E-state index in [1.165, 1.54) is 6.42 Å². The van der Waals surface area contributed by atoms with Crippen LogP contribution in [0.25, 0.3) is 0 Å². The molecule has 2 rings (SSSR count). The number of hydrogen-bond acceptors (Lipinski definition) is 3. The smallest absolute Gasteiger partial charge is 0.193 e. The number of likely N-dealkylation sites (tertiary alicyclic amines) is 1. The van der Waals surface area contributed by atoms with E-state index in [-0.39, 0.29) is 24.0 Å². The van der Waals surface area contributed by atoms with Gasteiger partial charge < -0.3 is 19.4 Å². The summed E-state index contributed by atoms with van der Waals surface area (Å²) < 4.78 is 10.9. The average molecular weight is 421 g/mol. The normalized spacial score (nSPS) is 18.4. The summed E-state index contributed by atoms with van der Waals surface area (Å²) in [6.45, 7) is 9.56. The van der Waals surface area contributed by atoms with E-state index in [9.17, 15) is 0 Å². The summed E-state index contributed by atoms with van der Waals surface area (Å²) in [4.78, 5) is 7.06. The van der Waals surface area contributed by atoms with Crippen molar-refractivity contribution in [3.05, 3.63) is 24.2 Å². The van der Waals surface area contributed by atoms with E-state index in [0.717, 1.165) is 57.5 Å². The molecule has 0 amide bonds. The fourth-order valence-corrected chi connectivity index (χ4v) is 2.60. The van der Waals surface area contributed by atoms with Crippen molar-refractivity contribution in [1.29, 1.82) is 0 Å². The third kappa shape index (κ3) is 6.16. The maximum Gasteiger partial charge on any atom is 0.193 e. The van der Waals surface area contributed by atoms with Crippen molar-refractivity contribution in [2.75, 3.05) is 39.4 Å². The number of halogens is 1. The second-order valence-corrected chi connectivity index (χ2v) is 5.33. The first-order valence-electron chi connectivity index (χ1n) is 7.96. The zero-order valence-corrected chi connectivity index (χ0v) is 15.9. The molecule has 5 nitrogen and oxygen atoms in total. The van der Waals surface area contributed by atoms with Gasteiger partial charge in [0.1, 0.15) is 5.76 Å². The number of furan rings is 1. The van der Waals surface area contributed by atoms with Gasteiger partial charge in [0.15, 0.2) is 5.96 Å². The fourth-order valence-electron chi connectivity index (χ4n) is 2.60. The average Bonchev–Trinajstić information content (AvgIpc) is 3.16. The molecule has 1 aromatic heterocycles. The van der Waals surface area contributed by atoms with Gasteiger partial charge in [0.2, 0.25) is 0 Å². The predicted molar refractivity (Wildman–Crippen MR) is 100.0 cm³/mol. The van der Waals surface area contributed by atoms with Crippen molar-refractivity contribution >= 4 is 29.9 Å². The molecule has 0 bridgehead atoms. The molecule has 0 aromatic carbocycles. The van der Waals surface area contributed by atoms with Gasteiger partial charge in [-0.25, -0.2) is 0 Å². The number of ether oxygens (including phenoxy) is 1. The van der Waals surface area contributed by atoms with Gasteiger partial charge in [0.05, 0.1) is 12.9 Å². The lowest BCUT2D eigenvalue weighted by atomic mass is 10.1. The van der Waals surface area contributed by atoms with Crippen LogP contribution in [0, 0.1) is 5.92 Å². The van der Waals surface area contributed by atoms with E-state index >= 15 is 0 Å². The molecule has 1 aliphatic heterocycles. The lowest BCUT2D eigenvalue weighted by Crippen LogP contribution is -2.40. The Balaban J connectivity index is 0.00000242.